The number of amides is 1. The fourth-order valence-corrected chi connectivity index (χ4v) is 1.96. The van der Waals surface area contributed by atoms with Crippen LogP contribution in [0.2, 0.25) is 0 Å². The van der Waals surface area contributed by atoms with Crippen molar-refractivity contribution < 1.29 is 19.1 Å². The minimum atomic E-state index is -0.845. The van der Waals surface area contributed by atoms with Crippen LogP contribution in [0, 0.1) is 0 Å². The molecule has 1 aliphatic rings. The topological polar surface area (TPSA) is 55.8 Å². The van der Waals surface area contributed by atoms with Crippen molar-refractivity contribution in [3.05, 3.63) is 36.9 Å². The average molecular weight is 261 g/mol. The Morgan fingerprint density at radius 2 is 2.26 bits per heavy atom. The van der Waals surface area contributed by atoms with Crippen molar-refractivity contribution in [1.82, 2.24) is 0 Å². The zero-order valence-corrected chi connectivity index (χ0v) is 10.7. The van der Waals surface area contributed by atoms with Crippen LogP contribution in [-0.2, 0) is 14.3 Å². The van der Waals surface area contributed by atoms with Crippen molar-refractivity contribution in [3.8, 4) is 5.75 Å². The van der Waals surface area contributed by atoms with Gasteiger partial charge < -0.3 is 14.4 Å². The molecule has 0 saturated heterocycles. The molecule has 5 heteroatoms. The molecule has 5 nitrogen and oxygen atoms in total. The van der Waals surface area contributed by atoms with Crippen molar-refractivity contribution in [1.29, 1.82) is 0 Å². The summed E-state index contributed by atoms with van der Waals surface area (Å²) in [5.41, 5.74) is 0.688. The molecule has 0 N–H and O–H groups in total. The van der Waals surface area contributed by atoms with Crippen LogP contribution in [0.5, 0.6) is 5.75 Å². The van der Waals surface area contributed by atoms with Crippen LogP contribution < -0.4 is 9.64 Å². The lowest BCUT2D eigenvalue weighted by Crippen LogP contribution is -2.47. The molecule has 2 rings (SSSR count). The maximum Gasteiger partial charge on any atom is 0.309 e. The van der Waals surface area contributed by atoms with Gasteiger partial charge in [0.1, 0.15) is 5.75 Å². The predicted molar refractivity (Wildman–Crippen MR) is 70.0 cm³/mol. The summed E-state index contributed by atoms with van der Waals surface area (Å²) in [5, 5.41) is 0. The van der Waals surface area contributed by atoms with Crippen LogP contribution >= 0.6 is 0 Å². The van der Waals surface area contributed by atoms with E-state index in [0.717, 1.165) is 0 Å². The number of carbonyl (C=O) groups is 2. The van der Waals surface area contributed by atoms with E-state index < -0.39 is 12.1 Å². The summed E-state index contributed by atoms with van der Waals surface area (Å²) in [6, 6.07) is 7.20. The number of fused-ring (bicyclic) bond motifs is 1. The van der Waals surface area contributed by atoms with E-state index in [-0.39, 0.29) is 12.3 Å². The maximum atomic E-state index is 12.3. The molecule has 0 bridgehead atoms. The third kappa shape index (κ3) is 2.59. The van der Waals surface area contributed by atoms with Crippen molar-refractivity contribution in [2.24, 2.45) is 0 Å². The number of carbonyl (C=O) groups excluding carboxylic acids is 2. The lowest BCUT2D eigenvalue weighted by atomic mass is 10.1. The van der Waals surface area contributed by atoms with Gasteiger partial charge in [0.15, 0.2) is 6.10 Å². The average Bonchev–Trinajstić information content (AvgIpc) is 2.43. The Morgan fingerprint density at radius 3 is 2.95 bits per heavy atom. The van der Waals surface area contributed by atoms with Crippen molar-refractivity contribution in [3.63, 3.8) is 0 Å². The number of rotatable bonds is 4. The molecule has 1 unspecified atom stereocenters. The zero-order chi connectivity index (χ0) is 13.8. The molecule has 1 aromatic carbocycles. The van der Waals surface area contributed by atoms with Crippen LogP contribution in [0.4, 0.5) is 5.69 Å². The fourth-order valence-electron chi connectivity index (χ4n) is 1.96. The number of esters is 1. The summed E-state index contributed by atoms with van der Waals surface area (Å²) >= 11 is 0. The van der Waals surface area contributed by atoms with E-state index in [1.54, 1.807) is 23.1 Å². The molecule has 0 aromatic heterocycles. The monoisotopic (exact) mass is 261 g/mol. The predicted octanol–water partition coefficient (Wildman–Crippen LogP) is 1.53. The highest BCUT2D eigenvalue weighted by molar-refractivity contribution is 6.01. The molecule has 0 fully saturated rings. The Hall–Kier alpha value is -2.30. The van der Waals surface area contributed by atoms with Crippen LogP contribution in [0.1, 0.15) is 6.42 Å². The quantitative estimate of drug-likeness (QED) is 0.609. The summed E-state index contributed by atoms with van der Waals surface area (Å²) in [6.45, 7) is 4.01. The van der Waals surface area contributed by atoms with E-state index in [9.17, 15) is 9.59 Å². The zero-order valence-electron chi connectivity index (χ0n) is 10.7. The van der Waals surface area contributed by atoms with Gasteiger partial charge in [0.05, 0.1) is 19.2 Å². The van der Waals surface area contributed by atoms with E-state index in [0.29, 0.717) is 18.0 Å². The van der Waals surface area contributed by atoms with Crippen LogP contribution in [0.25, 0.3) is 0 Å². The second kappa shape index (κ2) is 5.56. The summed E-state index contributed by atoms with van der Waals surface area (Å²) in [6.07, 6.45) is 0.689. The van der Waals surface area contributed by atoms with Crippen molar-refractivity contribution in [2.45, 2.75) is 12.5 Å². The number of para-hydroxylation sites is 2. The van der Waals surface area contributed by atoms with Crippen LogP contribution in [0.15, 0.2) is 36.9 Å². The molecule has 0 aliphatic carbocycles. The van der Waals surface area contributed by atoms with Gasteiger partial charge in [0.2, 0.25) is 0 Å². The van der Waals surface area contributed by atoms with E-state index >= 15 is 0 Å². The van der Waals surface area contributed by atoms with E-state index in [4.69, 9.17) is 4.74 Å². The van der Waals surface area contributed by atoms with Gasteiger partial charge in [-0.2, -0.15) is 0 Å². The highest BCUT2D eigenvalue weighted by Gasteiger charge is 2.35. The van der Waals surface area contributed by atoms with Gasteiger partial charge in [-0.1, -0.05) is 18.2 Å². The molecule has 1 heterocycles. The first-order chi connectivity index (χ1) is 9.17. The first-order valence-corrected chi connectivity index (χ1v) is 5.92. The van der Waals surface area contributed by atoms with Gasteiger partial charge in [-0.3, -0.25) is 9.59 Å². The molecule has 0 saturated carbocycles. The number of nitrogens with zero attached hydrogens (tertiary/aromatic N) is 1. The molecule has 1 amide bonds. The summed E-state index contributed by atoms with van der Waals surface area (Å²) in [5.74, 6) is -0.155. The minimum Gasteiger partial charge on any atom is -0.478 e. The van der Waals surface area contributed by atoms with E-state index in [1.165, 1.54) is 7.11 Å². The largest absolute Gasteiger partial charge is 0.478 e. The first-order valence-electron chi connectivity index (χ1n) is 5.92. The summed E-state index contributed by atoms with van der Waals surface area (Å²) in [7, 11) is 1.28. The Balaban J connectivity index is 2.30. The molecule has 1 aromatic rings. The molecule has 1 aliphatic heterocycles. The Bertz CT molecular complexity index is 512. The Labute approximate surface area is 111 Å². The Kier molecular flexibility index (Phi) is 3.85. The van der Waals surface area contributed by atoms with Crippen molar-refractivity contribution in [2.75, 3.05) is 18.6 Å². The number of benzene rings is 1. The number of hydrogen-bond acceptors (Lipinski definition) is 4. The molecule has 100 valence electrons. The van der Waals surface area contributed by atoms with Crippen LogP contribution in [-0.4, -0.2) is 31.6 Å². The lowest BCUT2D eigenvalue weighted by Gasteiger charge is -2.33. The summed E-state index contributed by atoms with van der Waals surface area (Å²) < 4.78 is 10.1. The van der Waals surface area contributed by atoms with Gasteiger partial charge in [0.25, 0.3) is 5.91 Å². The number of hydrogen-bond donors (Lipinski definition) is 0. The molecule has 1 atom stereocenters. The first kappa shape index (κ1) is 13.1. The number of anilines is 1. The normalized spacial score (nSPS) is 17.4. The lowest BCUT2D eigenvalue weighted by molar-refractivity contribution is -0.145. The second-order valence-corrected chi connectivity index (χ2v) is 4.09. The molecule has 0 radical (unpaired) electrons. The second-order valence-electron chi connectivity index (χ2n) is 4.09. The van der Waals surface area contributed by atoms with Crippen LogP contribution in [0.3, 0.4) is 0 Å². The third-order valence-electron chi connectivity index (χ3n) is 2.86. The van der Waals surface area contributed by atoms with Gasteiger partial charge in [-0.15, -0.1) is 6.58 Å². The third-order valence-corrected chi connectivity index (χ3v) is 2.86. The molecular weight excluding hydrogens is 246 g/mol. The number of methoxy groups -OCH3 is 1. The molecular formula is C14H15NO4. The highest BCUT2D eigenvalue weighted by atomic mass is 16.5. The van der Waals surface area contributed by atoms with Crippen molar-refractivity contribution >= 4 is 17.6 Å². The minimum absolute atomic E-state index is 0.0999. The molecule has 19 heavy (non-hydrogen) atoms. The summed E-state index contributed by atoms with van der Waals surface area (Å²) in [4.78, 5) is 25.1. The highest BCUT2D eigenvalue weighted by Crippen LogP contribution is 2.34. The van der Waals surface area contributed by atoms with Gasteiger partial charge in [0, 0.05) is 6.54 Å². The van der Waals surface area contributed by atoms with E-state index in [1.807, 2.05) is 12.1 Å². The molecule has 0 spiro atoms. The van der Waals surface area contributed by atoms with E-state index in [2.05, 4.69) is 11.3 Å². The Morgan fingerprint density at radius 1 is 1.53 bits per heavy atom. The standard InChI is InChI=1S/C14H15NO4/c1-3-8-15-10-6-4-5-7-11(10)19-12(14(15)17)9-13(16)18-2/h3-7,12H,1,8-9H2,2H3. The maximum absolute atomic E-state index is 12.3. The van der Waals surface area contributed by atoms with Gasteiger partial charge in [-0.25, -0.2) is 0 Å². The number of ether oxygens (including phenoxy) is 2. The SMILES string of the molecule is C=CCN1C(=O)C(CC(=O)OC)Oc2ccccc21. The fraction of sp³-hybridized carbons (Fsp3) is 0.286. The van der Waals surface area contributed by atoms with Gasteiger partial charge in [-0.05, 0) is 12.1 Å². The smallest absolute Gasteiger partial charge is 0.309 e. The van der Waals surface area contributed by atoms with Gasteiger partial charge >= 0.3 is 5.97 Å².